The van der Waals surface area contributed by atoms with Crippen molar-refractivity contribution in [2.24, 2.45) is 5.73 Å². The minimum atomic E-state index is -0.570. The lowest BCUT2D eigenvalue weighted by atomic mass is 10.2. The fourth-order valence-electron chi connectivity index (χ4n) is 0.717. The van der Waals surface area contributed by atoms with Crippen LogP contribution in [0.15, 0.2) is 6.20 Å². The maximum Gasteiger partial charge on any atom is 0.318 e. The molecular formula is C7H11N3OS. The zero-order valence-corrected chi connectivity index (χ0v) is 7.81. The summed E-state index contributed by atoms with van der Waals surface area (Å²) in [5, 5.41) is 2.99. The van der Waals surface area contributed by atoms with E-state index in [0.29, 0.717) is 11.0 Å². The van der Waals surface area contributed by atoms with Crippen LogP contribution in [0.1, 0.15) is 24.6 Å². The number of carbonyl (C=O) groups excluding carboxylic acids is 1. The second-order valence-electron chi connectivity index (χ2n) is 2.71. The molecule has 4 nitrogen and oxygen atoms in total. The Balaban J connectivity index is 2.70. The average Bonchev–Trinajstić information content (AvgIpc) is 2.34. The van der Waals surface area contributed by atoms with Crippen LogP contribution >= 0.6 is 11.3 Å². The summed E-state index contributed by atoms with van der Waals surface area (Å²) in [6.07, 6.45) is 1.75. The standard InChI is InChI=1S/C7H11N3OS/c1-4(2)5-3-9-7(12-5)10-6(8)11/h3-4H,1-2H3,(H3,8,9,10,11). The maximum atomic E-state index is 10.4. The molecule has 12 heavy (non-hydrogen) atoms. The van der Waals surface area contributed by atoms with Crippen molar-refractivity contribution in [3.05, 3.63) is 11.1 Å². The van der Waals surface area contributed by atoms with Gasteiger partial charge in [-0.25, -0.2) is 9.78 Å². The Bertz CT molecular complexity index is 282. The molecule has 2 amide bonds. The Hall–Kier alpha value is -1.10. The number of nitrogens with zero attached hydrogens (tertiary/aromatic N) is 1. The Morgan fingerprint density at radius 3 is 2.83 bits per heavy atom. The third kappa shape index (κ3) is 2.20. The SMILES string of the molecule is CC(C)c1cnc(NC(N)=O)s1. The van der Waals surface area contributed by atoms with Gasteiger partial charge in [0.25, 0.3) is 0 Å². The lowest BCUT2D eigenvalue weighted by molar-refractivity contribution is 0.259. The minimum Gasteiger partial charge on any atom is -0.351 e. The van der Waals surface area contributed by atoms with Crippen LogP contribution in [0.25, 0.3) is 0 Å². The Morgan fingerprint density at radius 2 is 2.42 bits per heavy atom. The van der Waals surface area contributed by atoms with Crippen molar-refractivity contribution < 1.29 is 4.79 Å². The van der Waals surface area contributed by atoms with Crippen molar-refractivity contribution >= 4 is 22.5 Å². The smallest absolute Gasteiger partial charge is 0.318 e. The van der Waals surface area contributed by atoms with Gasteiger partial charge in [0.05, 0.1) is 0 Å². The monoisotopic (exact) mass is 185 g/mol. The first-order valence-electron chi connectivity index (χ1n) is 3.61. The van der Waals surface area contributed by atoms with Crippen LogP contribution in [0.4, 0.5) is 9.93 Å². The van der Waals surface area contributed by atoms with Gasteiger partial charge >= 0.3 is 6.03 Å². The van der Waals surface area contributed by atoms with E-state index in [4.69, 9.17) is 5.73 Å². The largest absolute Gasteiger partial charge is 0.351 e. The number of primary amides is 1. The number of nitrogens with one attached hydrogen (secondary N) is 1. The van der Waals surface area contributed by atoms with Crippen molar-refractivity contribution in [3.63, 3.8) is 0 Å². The average molecular weight is 185 g/mol. The van der Waals surface area contributed by atoms with Gasteiger partial charge in [0, 0.05) is 11.1 Å². The summed E-state index contributed by atoms with van der Waals surface area (Å²) >= 11 is 1.45. The van der Waals surface area contributed by atoms with Crippen LogP contribution in [0.2, 0.25) is 0 Å². The Labute approximate surface area is 74.8 Å². The molecule has 3 N–H and O–H groups in total. The lowest BCUT2D eigenvalue weighted by Gasteiger charge is -1.96. The highest BCUT2D eigenvalue weighted by Gasteiger charge is 2.05. The number of hydrogen-bond donors (Lipinski definition) is 2. The highest BCUT2D eigenvalue weighted by atomic mass is 32.1. The van der Waals surface area contributed by atoms with Crippen LogP contribution in [0.3, 0.4) is 0 Å². The normalized spacial score (nSPS) is 10.2. The predicted octanol–water partition coefficient (Wildman–Crippen LogP) is 1.76. The van der Waals surface area contributed by atoms with Gasteiger partial charge in [-0.2, -0.15) is 0 Å². The highest BCUT2D eigenvalue weighted by molar-refractivity contribution is 7.15. The molecule has 0 aliphatic heterocycles. The summed E-state index contributed by atoms with van der Waals surface area (Å²) in [7, 11) is 0. The van der Waals surface area contributed by atoms with Gasteiger partial charge in [0.2, 0.25) is 0 Å². The van der Waals surface area contributed by atoms with Crippen molar-refractivity contribution in [3.8, 4) is 0 Å². The van der Waals surface area contributed by atoms with E-state index >= 15 is 0 Å². The fraction of sp³-hybridized carbons (Fsp3) is 0.429. The van der Waals surface area contributed by atoms with E-state index in [1.165, 1.54) is 11.3 Å². The topological polar surface area (TPSA) is 68.0 Å². The molecule has 0 aliphatic carbocycles. The molecule has 0 aliphatic rings. The minimum absolute atomic E-state index is 0.436. The van der Waals surface area contributed by atoms with E-state index in [-0.39, 0.29) is 0 Å². The molecule has 0 saturated carbocycles. The van der Waals surface area contributed by atoms with Crippen molar-refractivity contribution in [2.75, 3.05) is 5.32 Å². The number of nitrogens with two attached hydrogens (primary N) is 1. The molecule has 0 fully saturated rings. The van der Waals surface area contributed by atoms with E-state index in [0.717, 1.165) is 4.88 Å². The molecule has 1 aromatic rings. The predicted molar refractivity (Wildman–Crippen MR) is 49.4 cm³/mol. The molecule has 0 bridgehead atoms. The van der Waals surface area contributed by atoms with Crippen molar-refractivity contribution in [2.45, 2.75) is 19.8 Å². The summed E-state index contributed by atoms with van der Waals surface area (Å²) in [6, 6.07) is -0.570. The zero-order chi connectivity index (χ0) is 9.14. The van der Waals surface area contributed by atoms with Crippen LogP contribution in [0.5, 0.6) is 0 Å². The summed E-state index contributed by atoms with van der Waals surface area (Å²) < 4.78 is 0. The molecule has 0 atom stereocenters. The molecular weight excluding hydrogens is 174 g/mol. The molecule has 1 aromatic heterocycles. The van der Waals surface area contributed by atoms with E-state index in [9.17, 15) is 4.79 Å². The molecule has 0 spiro atoms. The van der Waals surface area contributed by atoms with E-state index in [1.54, 1.807) is 6.20 Å². The number of urea groups is 1. The maximum absolute atomic E-state index is 10.4. The number of anilines is 1. The third-order valence-electron chi connectivity index (χ3n) is 1.32. The van der Waals surface area contributed by atoms with Crippen LogP contribution in [0, 0.1) is 0 Å². The molecule has 0 unspecified atom stereocenters. The number of thiazole rings is 1. The first-order valence-corrected chi connectivity index (χ1v) is 4.43. The summed E-state index contributed by atoms with van der Waals surface area (Å²) in [4.78, 5) is 15.5. The number of aromatic nitrogens is 1. The first-order chi connectivity index (χ1) is 5.59. The van der Waals surface area contributed by atoms with Crippen molar-refractivity contribution in [1.82, 2.24) is 4.98 Å². The second-order valence-corrected chi connectivity index (χ2v) is 3.77. The van der Waals surface area contributed by atoms with Gasteiger partial charge in [-0.05, 0) is 5.92 Å². The molecule has 0 aromatic carbocycles. The van der Waals surface area contributed by atoms with Gasteiger partial charge in [-0.3, -0.25) is 5.32 Å². The van der Waals surface area contributed by atoms with Crippen LogP contribution < -0.4 is 11.1 Å². The Kier molecular flexibility index (Phi) is 2.65. The van der Waals surface area contributed by atoms with Crippen LogP contribution in [-0.4, -0.2) is 11.0 Å². The molecule has 66 valence electrons. The zero-order valence-electron chi connectivity index (χ0n) is 7.00. The van der Waals surface area contributed by atoms with E-state index in [1.807, 2.05) is 0 Å². The van der Waals surface area contributed by atoms with Gasteiger partial charge < -0.3 is 5.73 Å². The van der Waals surface area contributed by atoms with Gasteiger partial charge in [-0.15, -0.1) is 11.3 Å². The number of amides is 2. The third-order valence-corrected chi connectivity index (χ3v) is 2.54. The summed E-state index contributed by atoms with van der Waals surface area (Å²) in [5.74, 6) is 0.436. The van der Waals surface area contributed by atoms with Gasteiger partial charge in [0.1, 0.15) is 0 Å². The quantitative estimate of drug-likeness (QED) is 0.737. The van der Waals surface area contributed by atoms with E-state index < -0.39 is 6.03 Å². The highest BCUT2D eigenvalue weighted by Crippen LogP contribution is 2.24. The first kappa shape index (κ1) is 8.99. The number of carbonyl (C=O) groups is 1. The fourth-order valence-corrected chi connectivity index (χ4v) is 1.54. The lowest BCUT2D eigenvalue weighted by Crippen LogP contribution is -2.18. The molecule has 1 rings (SSSR count). The van der Waals surface area contributed by atoms with Crippen molar-refractivity contribution in [1.29, 1.82) is 0 Å². The number of rotatable bonds is 2. The molecule has 0 saturated heterocycles. The summed E-state index contributed by atoms with van der Waals surface area (Å²) in [6.45, 7) is 4.14. The van der Waals surface area contributed by atoms with Gasteiger partial charge in [0.15, 0.2) is 5.13 Å². The van der Waals surface area contributed by atoms with Gasteiger partial charge in [-0.1, -0.05) is 13.8 Å². The second kappa shape index (κ2) is 3.53. The molecule has 1 heterocycles. The van der Waals surface area contributed by atoms with Crippen LogP contribution in [-0.2, 0) is 0 Å². The Morgan fingerprint density at radius 1 is 1.75 bits per heavy atom. The number of hydrogen-bond acceptors (Lipinski definition) is 3. The van der Waals surface area contributed by atoms with E-state index in [2.05, 4.69) is 24.1 Å². The molecule has 5 heteroatoms. The molecule has 0 radical (unpaired) electrons. The summed E-state index contributed by atoms with van der Waals surface area (Å²) in [5.41, 5.74) is 4.93.